The van der Waals surface area contributed by atoms with Crippen LogP contribution in [-0.4, -0.2) is 35.9 Å². The van der Waals surface area contributed by atoms with Crippen LogP contribution in [-0.2, 0) is 4.79 Å². The average molecular weight is 436 g/mol. The van der Waals surface area contributed by atoms with Gasteiger partial charge in [-0.05, 0) is 42.5 Å². The van der Waals surface area contributed by atoms with Gasteiger partial charge < -0.3 is 19.3 Å². The zero-order valence-corrected chi connectivity index (χ0v) is 17.1. The van der Waals surface area contributed by atoms with Crippen molar-refractivity contribution in [3.8, 4) is 28.8 Å². The Bertz CT molecular complexity index is 1420. The second-order valence-corrected chi connectivity index (χ2v) is 7.80. The number of nitrogens with zero attached hydrogens (tertiary/aromatic N) is 2. The second kappa shape index (κ2) is 7.44. The molecular formula is C22H16N2O6S. The smallest absolute Gasteiger partial charge is 0.315 e. The van der Waals surface area contributed by atoms with E-state index in [9.17, 15) is 14.7 Å². The first-order valence-electron chi connectivity index (χ1n) is 9.39. The van der Waals surface area contributed by atoms with Crippen molar-refractivity contribution < 1.29 is 24.1 Å². The molecule has 0 fully saturated rings. The summed E-state index contributed by atoms with van der Waals surface area (Å²) < 4.78 is 17.4. The molecule has 2 aliphatic rings. The normalized spacial score (nSPS) is 15.8. The van der Waals surface area contributed by atoms with Crippen LogP contribution in [0.4, 0.5) is 0 Å². The van der Waals surface area contributed by atoms with E-state index in [1.807, 2.05) is 0 Å². The van der Waals surface area contributed by atoms with E-state index in [1.54, 1.807) is 49.6 Å². The number of rotatable bonds is 3. The summed E-state index contributed by atoms with van der Waals surface area (Å²) in [6, 6.07) is 10.1. The molecular weight excluding hydrogens is 420 g/mol. The van der Waals surface area contributed by atoms with E-state index < -0.39 is 5.91 Å². The summed E-state index contributed by atoms with van der Waals surface area (Å²) in [5, 5.41) is 11.8. The first-order valence-corrected chi connectivity index (χ1v) is 10.2. The maximum Gasteiger partial charge on any atom is 0.315 e. The van der Waals surface area contributed by atoms with Crippen LogP contribution in [0.3, 0.4) is 0 Å². The lowest BCUT2D eigenvalue weighted by Gasteiger charge is -2.18. The number of amides is 1. The number of hydrogen-bond acceptors (Lipinski definition) is 7. The molecule has 2 aromatic carbocycles. The maximum atomic E-state index is 12.6. The van der Waals surface area contributed by atoms with Gasteiger partial charge in [-0.25, -0.2) is 9.56 Å². The van der Waals surface area contributed by atoms with Crippen molar-refractivity contribution in [3.63, 3.8) is 0 Å². The summed E-state index contributed by atoms with van der Waals surface area (Å²) in [7, 11) is 1.55. The Labute approximate surface area is 179 Å². The summed E-state index contributed by atoms with van der Waals surface area (Å²) in [5.41, 5.74) is 0.740. The third-order valence-corrected chi connectivity index (χ3v) is 5.78. The molecule has 0 saturated heterocycles. The van der Waals surface area contributed by atoms with Crippen LogP contribution >= 0.6 is 11.3 Å². The number of aromatic hydroxyl groups is 1. The minimum absolute atomic E-state index is 0.248. The molecule has 0 unspecified atom stereocenters. The maximum absolute atomic E-state index is 12.6. The number of hydrogen-bond donors (Lipinski definition) is 1. The van der Waals surface area contributed by atoms with E-state index in [4.69, 9.17) is 14.2 Å². The topological polar surface area (TPSA) is 99.3 Å². The van der Waals surface area contributed by atoms with E-state index in [0.717, 1.165) is 11.3 Å². The van der Waals surface area contributed by atoms with Crippen molar-refractivity contribution in [2.45, 2.75) is 0 Å². The molecule has 0 radical (unpaired) electrons. The molecule has 0 saturated carbocycles. The molecule has 1 amide bonds. The van der Waals surface area contributed by atoms with Gasteiger partial charge in [0.2, 0.25) is 5.88 Å². The Hall–Kier alpha value is -3.85. The van der Waals surface area contributed by atoms with Crippen molar-refractivity contribution in [2.24, 2.45) is 4.99 Å². The number of carbonyl (C=O) groups is 1. The summed E-state index contributed by atoms with van der Waals surface area (Å²) >= 11 is 0.837. The number of benzene rings is 2. The van der Waals surface area contributed by atoms with Crippen LogP contribution in [0.2, 0.25) is 0 Å². The van der Waals surface area contributed by atoms with Gasteiger partial charge in [-0.2, -0.15) is 0 Å². The zero-order valence-electron chi connectivity index (χ0n) is 16.3. The Balaban J connectivity index is 1.57. The molecule has 1 N–H and O–H groups in total. The van der Waals surface area contributed by atoms with Gasteiger partial charge in [-0.15, -0.1) is 0 Å². The first kappa shape index (κ1) is 19.1. The molecule has 0 spiro atoms. The number of fused-ring (bicyclic) bond motifs is 2. The number of thiazole rings is 1. The first-order chi connectivity index (χ1) is 15.0. The van der Waals surface area contributed by atoms with Gasteiger partial charge in [0.15, 0.2) is 11.5 Å². The highest BCUT2D eigenvalue weighted by Gasteiger charge is 2.19. The van der Waals surface area contributed by atoms with E-state index in [-0.39, 0.29) is 21.2 Å². The molecule has 9 heteroatoms. The SMILES string of the molecule is COc1ccc(-n2c(O)c(/C=C3\C=c4cc5c(cc4=NC3=O)OCCO5)sc2=O)cc1. The van der Waals surface area contributed by atoms with Crippen LogP contribution in [0.1, 0.15) is 4.88 Å². The number of aromatic nitrogens is 1. The highest BCUT2D eigenvalue weighted by Crippen LogP contribution is 2.29. The van der Waals surface area contributed by atoms with Gasteiger partial charge in [-0.1, -0.05) is 11.3 Å². The third-order valence-electron chi connectivity index (χ3n) is 4.90. The molecule has 0 bridgehead atoms. The van der Waals surface area contributed by atoms with Crippen molar-refractivity contribution in [1.29, 1.82) is 0 Å². The van der Waals surface area contributed by atoms with Crippen LogP contribution in [0.25, 0.3) is 17.8 Å². The van der Waals surface area contributed by atoms with Gasteiger partial charge in [0.05, 0.1) is 23.0 Å². The van der Waals surface area contributed by atoms with Gasteiger partial charge in [-0.3, -0.25) is 9.59 Å². The standard InChI is InChI=1S/C22H16N2O6S/c1-28-15-4-2-14(3-5-15)24-21(26)19(31-22(24)27)10-13-8-12-9-17-18(30-7-6-29-17)11-16(12)23-20(13)25/h2-5,8-11,26H,6-7H2,1H3/b13-10+. The van der Waals surface area contributed by atoms with Crippen LogP contribution in [0.15, 0.2) is 51.8 Å². The highest BCUT2D eigenvalue weighted by atomic mass is 32.1. The van der Waals surface area contributed by atoms with Crippen LogP contribution < -0.4 is 29.7 Å². The van der Waals surface area contributed by atoms with E-state index in [1.165, 1.54) is 10.6 Å². The lowest BCUT2D eigenvalue weighted by molar-refractivity contribution is -0.114. The molecule has 2 aliphatic heterocycles. The zero-order chi connectivity index (χ0) is 21.5. The summed E-state index contributed by atoms with van der Waals surface area (Å²) in [6.07, 6.45) is 3.12. The van der Waals surface area contributed by atoms with Gasteiger partial charge >= 0.3 is 4.87 Å². The summed E-state index contributed by atoms with van der Waals surface area (Å²) in [4.78, 5) is 29.1. The van der Waals surface area contributed by atoms with Gasteiger partial charge in [0.1, 0.15) is 19.0 Å². The van der Waals surface area contributed by atoms with E-state index in [2.05, 4.69) is 4.99 Å². The number of ether oxygens (including phenoxy) is 3. The highest BCUT2D eigenvalue weighted by molar-refractivity contribution is 7.10. The van der Waals surface area contributed by atoms with Crippen molar-refractivity contribution in [3.05, 3.63) is 67.1 Å². The second-order valence-electron chi connectivity index (χ2n) is 6.80. The molecule has 1 aromatic heterocycles. The summed E-state index contributed by atoms with van der Waals surface area (Å²) in [5.74, 6) is 1.05. The molecule has 8 nitrogen and oxygen atoms in total. The predicted octanol–water partition coefficient (Wildman–Crippen LogP) is 1.41. The monoisotopic (exact) mass is 436 g/mol. The van der Waals surface area contributed by atoms with Crippen LogP contribution in [0.5, 0.6) is 23.1 Å². The molecule has 156 valence electrons. The Morgan fingerprint density at radius 2 is 1.84 bits per heavy atom. The largest absolute Gasteiger partial charge is 0.497 e. The average Bonchev–Trinajstić information content (AvgIpc) is 3.06. The Morgan fingerprint density at radius 1 is 1.13 bits per heavy atom. The Kier molecular flexibility index (Phi) is 4.59. The lowest BCUT2D eigenvalue weighted by Crippen LogP contribution is -2.32. The fraction of sp³-hybridized carbons (Fsp3) is 0.136. The minimum Gasteiger partial charge on any atom is -0.497 e. The number of carbonyl (C=O) groups excluding carboxylic acids is 1. The molecule has 5 rings (SSSR count). The van der Waals surface area contributed by atoms with Crippen molar-refractivity contribution in [2.75, 3.05) is 20.3 Å². The van der Waals surface area contributed by atoms with E-state index in [0.29, 0.717) is 46.7 Å². The Morgan fingerprint density at radius 3 is 2.55 bits per heavy atom. The fourth-order valence-corrected chi connectivity index (χ4v) is 4.23. The van der Waals surface area contributed by atoms with E-state index >= 15 is 0 Å². The minimum atomic E-state index is -0.472. The fourth-order valence-electron chi connectivity index (χ4n) is 3.39. The number of methoxy groups -OCH3 is 1. The molecule has 0 atom stereocenters. The molecule has 31 heavy (non-hydrogen) atoms. The van der Waals surface area contributed by atoms with Crippen molar-refractivity contribution in [1.82, 2.24) is 4.57 Å². The lowest BCUT2D eigenvalue weighted by atomic mass is 10.1. The summed E-state index contributed by atoms with van der Waals surface area (Å²) in [6.45, 7) is 0.892. The van der Waals surface area contributed by atoms with Gasteiger partial charge in [0.25, 0.3) is 5.91 Å². The van der Waals surface area contributed by atoms with Crippen molar-refractivity contribution >= 4 is 29.4 Å². The van der Waals surface area contributed by atoms with Gasteiger partial charge in [0, 0.05) is 16.9 Å². The third kappa shape index (κ3) is 3.38. The molecule has 3 heterocycles. The molecule has 0 aliphatic carbocycles. The predicted molar refractivity (Wildman–Crippen MR) is 114 cm³/mol. The quantitative estimate of drug-likeness (QED) is 0.624. The van der Waals surface area contributed by atoms with Crippen LogP contribution in [0, 0.1) is 0 Å². The molecule has 3 aromatic rings.